The quantitative estimate of drug-likeness (QED) is 0.438. The number of aliphatic hydroxyl groups is 1. The van der Waals surface area contributed by atoms with E-state index < -0.39 is 17.8 Å². The molecule has 0 spiro atoms. The number of rotatable bonds is 7. The van der Waals surface area contributed by atoms with Crippen molar-refractivity contribution >= 4 is 31.9 Å². The number of hydrogen-bond acceptors (Lipinski definition) is 3. The van der Waals surface area contributed by atoms with Crippen molar-refractivity contribution in [1.29, 1.82) is 0 Å². The van der Waals surface area contributed by atoms with Crippen LogP contribution < -0.4 is 9.47 Å². The van der Waals surface area contributed by atoms with Crippen LogP contribution in [0.3, 0.4) is 0 Å². The highest BCUT2D eigenvalue weighted by Gasteiger charge is 2.35. The van der Waals surface area contributed by atoms with Crippen LogP contribution in [0.4, 0.5) is 13.2 Å². The number of aliphatic hydroxyl groups excluding tert-OH is 1. The third-order valence-corrected chi connectivity index (χ3v) is 4.27. The molecule has 0 bridgehead atoms. The van der Waals surface area contributed by atoms with E-state index in [2.05, 4.69) is 31.9 Å². The van der Waals surface area contributed by atoms with Gasteiger partial charge in [-0.2, -0.15) is 13.2 Å². The highest BCUT2D eigenvalue weighted by Crippen LogP contribution is 2.39. The first-order valence-corrected chi connectivity index (χ1v) is 9.60. The zero-order valence-corrected chi connectivity index (χ0v) is 17.4. The minimum Gasteiger partial charge on any atom is -0.489 e. The van der Waals surface area contributed by atoms with Gasteiger partial charge >= 0.3 is 6.18 Å². The van der Waals surface area contributed by atoms with E-state index in [9.17, 15) is 18.3 Å². The summed E-state index contributed by atoms with van der Waals surface area (Å²) in [6.07, 6.45) is -3.06. The van der Waals surface area contributed by atoms with Gasteiger partial charge in [0.15, 0.2) is 0 Å². The van der Waals surface area contributed by atoms with Crippen molar-refractivity contribution in [1.82, 2.24) is 0 Å². The fraction of sp³-hybridized carbons (Fsp3) is 0.263. The van der Waals surface area contributed by atoms with Crippen LogP contribution in [0.2, 0.25) is 0 Å². The predicted octanol–water partition coefficient (Wildman–Crippen LogP) is 6.95. The van der Waals surface area contributed by atoms with Crippen molar-refractivity contribution in [3.05, 3.63) is 63.1 Å². The van der Waals surface area contributed by atoms with Gasteiger partial charge in [-0.15, -0.1) is 0 Å². The topological polar surface area (TPSA) is 38.7 Å². The molecule has 1 unspecified atom stereocenters. The van der Waals surface area contributed by atoms with E-state index in [0.29, 0.717) is 15.6 Å². The van der Waals surface area contributed by atoms with Crippen LogP contribution in [0.1, 0.15) is 30.6 Å². The molecule has 27 heavy (non-hydrogen) atoms. The number of alkyl halides is 3. The molecule has 0 aromatic heterocycles. The second kappa shape index (κ2) is 9.61. The lowest BCUT2D eigenvalue weighted by molar-refractivity contribution is -0.139. The van der Waals surface area contributed by atoms with E-state index in [1.807, 2.05) is 6.92 Å². The average Bonchev–Trinajstić information content (AvgIpc) is 2.61. The van der Waals surface area contributed by atoms with Crippen LogP contribution in [0.15, 0.2) is 51.9 Å². The summed E-state index contributed by atoms with van der Waals surface area (Å²) in [5, 5.41) is 9.78. The summed E-state index contributed by atoms with van der Waals surface area (Å²) in [5.41, 5.74) is -0.201. The summed E-state index contributed by atoms with van der Waals surface area (Å²) >= 11 is 6.23. The minimum atomic E-state index is -4.58. The van der Waals surface area contributed by atoms with E-state index in [0.717, 1.165) is 11.6 Å². The number of benzene rings is 2. The van der Waals surface area contributed by atoms with Gasteiger partial charge in [0.05, 0.1) is 9.50 Å². The van der Waals surface area contributed by atoms with Gasteiger partial charge in [0.1, 0.15) is 29.4 Å². The van der Waals surface area contributed by atoms with Gasteiger partial charge in [-0.25, -0.2) is 0 Å². The van der Waals surface area contributed by atoms with Crippen LogP contribution in [0.5, 0.6) is 17.2 Å². The van der Waals surface area contributed by atoms with E-state index in [-0.39, 0.29) is 18.1 Å². The first kappa shape index (κ1) is 21.8. The third kappa shape index (κ3) is 6.55. The lowest BCUT2D eigenvalue weighted by Gasteiger charge is -2.15. The first-order valence-electron chi connectivity index (χ1n) is 8.01. The van der Waals surface area contributed by atoms with Crippen molar-refractivity contribution in [2.45, 2.75) is 25.6 Å². The van der Waals surface area contributed by atoms with Gasteiger partial charge in [0, 0.05) is 0 Å². The maximum absolute atomic E-state index is 13.3. The standard InChI is InChI=1S/C19H17Br2F3O3/c1-2-16(25)12-3-5-13(6-4-12)27-14-7-8-17(26-10-9-18(20)21)15(11-14)19(22,23)24/h3-9,11,16,25H,2,10H2,1H3. The van der Waals surface area contributed by atoms with Gasteiger partial charge < -0.3 is 14.6 Å². The monoisotopic (exact) mass is 508 g/mol. The van der Waals surface area contributed by atoms with Gasteiger partial charge in [0.25, 0.3) is 0 Å². The predicted molar refractivity (Wildman–Crippen MR) is 105 cm³/mol. The van der Waals surface area contributed by atoms with Gasteiger partial charge in [-0.3, -0.25) is 0 Å². The Bertz CT molecular complexity index is 786. The summed E-state index contributed by atoms with van der Waals surface area (Å²) in [7, 11) is 0. The lowest BCUT2D eigenvalue weighted by Crippen LogP contribution is -2.09. The average molecular weight is 510 g/mol. The zero-order chi connectivity index (χ0) is 20.0. The Labute approximate surface area is 172 Å². The summed E-state index contributed by atoms with van der Waals surface area (Å²) in [4.78, 5) is 0. The molecule has 0 aliphatic rings. The molecule has 1 atom stereocenters. The number of hydrogen-bond donors (Lipinski definition) is 1. The second-order valence-electron chi connectivity index (χ2n) is 5.56. The smallest absolute Gasteiger partial charge is 0.420 e. The third-order valence-electron chi connectivity index (χ3n) is 3.62. The maximum Gasteiger partial charge on any atom is 0.420 e. The molecule has 8 heteroatoms. The molecule has 2 rings (SSSR count). The second-order valence-corrected chi connectivity index (χ2v) is 8.33. The minimum absolute atomic E-state index is 0.0314. The Hall–Kier alpha value is -1.51. The fourth-order valence-electron chi connectivity index (χ4n) is 2.24. The Balaban J connectivity index is 2.21. The van der Waals surface area contributed by atoms with Gasteiger partial charge in [-0.05, 0) is 80.3 Å². The summed E-state index contributed by atoms with van der Waals surface area (Å²) in [6.45, 7) is 1.82. The first-order chi connectivity index (χ1) is 12.7. The Morgan fingerprint density at radius 3 is 2.30 bits per heavy atom. The molecular formula is C19H17Br2F3O3. The molecule has 0 radical (unpaired) electrons. The molecule has 2 aromatic carbocycles. The molecule has 0 amide bonds. The van der Waals surface area contributed by atoms with Crippen molar-refractivity contribution < 1.29 is 27.8 Å². The molecule has 146 valence electrons. The van der Waals surface area contributed by atoms with Crippen LogP contribution in [0.25, 0.3) is 0 Å². The fourth-order valence-corrected chi connectivity index (χ4v) is 2.51. The van der Waals surface area contributed by atoms with Crippen molar-refractivity contribution in [3.8, 4) is 17.2 Å². The van der Waals surface area contributed by atoms with Crippen molar-refractivity contribution in [2.24, 2.45) is 0 Å². The largest absolute Gasteiger partial charge is 0.489 e. The zero-order valence-electron chi connectivity index (χ0n) is 14.3. The molecule has 0 saturated heterocycles. The van der Waals surface area contributed by atoms with Crippen molar-refractivity contribution in [2.75, 3.05) is 6.61 Å². The van der Waals surface area contributed by atoms with E-state index >= 15 is 0 Å². The van der Waals surface area contributed by atoms with Gasteiger partial charge in [-0.1, -0.05) is 19.1 Å². The van der Waals surface area contributed by atoms with E-state index in [4.69, 9.17) is 9.47 Å². The lowest BCUT2D eigenvalue weighted by atomic mass is 10.1. The Morgan fingerprint density at radius 1 is 1.11 bits per heavy atom. The Morgan fingerprint density at radius 2 is 1.74 bits per heavy atom. The highest BCUT2D eigenvalue weighted by atomic mass is 79.9. The molecule has 0 heterocycles. The maximum atomic E-state index is 13.3. The molecule has 1 N–H and O–H groups in total. The molecular weight excluding hydrogens is 493 g/mol. The molecule has 0 fully saturated rings. The summed E-state index contributed by atoms with van der Waals surface area (Å²) < 4.78 is 51.3. The Kier molecular flexibility index (Phi) is 7.76. The summed E-state index contributed by atoms with van der Waals surface area (Å²) in [6, 6.07) is 10.1. The SMILES string of the molecule is CCC(O)c1ccc(Oc2ccc(OCC=C(Br)Br)c(C(F)(F)F)c2)cc1. The molecule has 0 aliphatic carbocycles. The number of halogens is 5. The summed E-state index contributed by atoms with van der Waals surface area (Å²) in [5.74, 6) is 0.124. The molecule has 0 aliphatic heterocycles. The van der Waals surface area contributed by atoms with E-state index in [1.54, 1.807) is 24.3 Å². The van der Waals surface area contributed by atoms with Crippen molar-refractivity contribution in [3.63, 3.8) is 0 Å². The molecule has 3 nitrogen and oxygen atoms in total. The van der Waals surface area contributed by atoms with Crippen LogP contribution in [-0.4, -0.2) is 11.7 Å². The van der Waals surface area contributed by atoms with Crippen LogP contribution in [-0.2, 0) is 6.18 Å². The molecule has 0 saturated carbocycles. The van der Waals surface area contributed by atoms with Crippen LogP contribution >= 0.6 is 31.9 Å². The van der Waals surface area contributed by atoms with Crippen LogP contribution in [0, 0.1) is 0 Å². The normalized spacial score (nSPS) is 12.4. The highest BCUT2D eigenvalue weighted by molar-refractivity contribution is 9.28. The van der Waals surface area contributed by atoms with Gasteiger partial charge in [0.2, 0.25) is 0 Å². The van der Waals surface area contributed by atoms with E-state index in [1.165, 1.54) is 18.2 Å². The molecule has 2 aromatic rings. The number of ether oxygens (including phenoxy) is 2.